The van der Waals surface area contributed by atoms with E-state index in [9.17, 15) is 4.79 Å². The maximum Gasteiger partial charge on any atom is 0.255 e. The van der Waals surface area contributed by atoms with E-state index in [1.54, 1.807) is 30.3 Å². The van der Waals surface area contributed by atoms with Crippen LogP contribution in [0.1, 0.15) is 10.4 Å². The first-order valence-corrected chi connectivity index (χ1v) is 6.77. The molecule has 0 unspecified atom stereocenters. The van der Waals surface area contributed by atoms with E-state index in [2.05, 4.69) is 37.2 Å². The summed E-state index contributed by atoms with van der Waals surface area (Å²) in [6.45, 7) is 0. The Morgan fingerprint density at radius 3 is 2.33 bits per heavy atom. The topological polar surface area (TPSA) is 55.1 Å². The Labute approximate surface area is 122 Å². The van der Waals surface area contributed by atoms with Crippen LogP contribution < -0.4 is 11.1 Å². The van der Waals surface area contributed by atoms with E-state index >= 15 is 0 Å². The quantitative estimate of drug-likeness (QED) is 0.784. The number of carbonyl (C=O) groups is 1. The molecule has 0 atom stereocenters. The van der Waals surface area contributed by atoms with Gasteiger partial charge in [-0.25, -0.2) is 0 Å². The van der Waals surface area contributed by atoms with Gasteiger partial charge in [0.15, 0.2) is 0 Å². The molecule has 0 aliphatic carbocycles. The van der Waals surface area contributed by atoms with Crippen molar-refractivity contribution in [2.45, 2.75) is 0 Å². The maximum absolute atomic E-state index is 11.9. The minimum absolute atomic E-state index is 0.154. The first kappa shape index (κ1) is 13.1. The molecular formula is C13H10Br2N2O. The van der Waals surface area contributed by atoms with Crippen LogP contribution >= 0.6 is 31.9 Å². The molecule has 2 rings (SSSR count). The maximum atomic E-state index is 11.9. The molecule has 0 heterocycles. The van der Waals surface area contributed by atoms with Crippen LogP contribution in [-0.2, 0) is 0 Å². The fraction of sp³-hybridized carbons (Fsp3) is 0. The number of nitrogens with two attached hydrogens (primary N) is 1. The Hall–Kier alpha value is -1.33. The highest BCUT2D eigenvalue weighted by Gasteiger charge is 2.06. The van der Waals surface area contributed by atoms with Crippen molar-refractivity contribution >= 4 is 49.1 Å². The monoisotopic (exact) mass is 368 g/mol. The van der Waals surface area contributed by atoms with Crippen LogP contribution in [0.15, 0.2) is 51.4 Å². The summed E-state index contributed by atoms with van der Waals surface area (Å²) in [6, 6.07) is 12.4. The summed E-state index contributed by atoms with van der Waals surface area (Å²) < 4.78 is 1.70. The Bertz CT molecular complexity index is 582. The van der Waals surface area contributed by atoms with Gasteiger partial charge in [-0.2, -0.15) is 0 Å². The number of hydrogen-bond acceptors (Lipinski definition) is 2. The van der Waals surface area contributed by atoms with E-state index in [0.29, 0.717) is 16.9 Å². The van der Waals surface area contributed by atoms with Gasteiger partial charge >= 0.3 is 0 Å². The number of hydrogen-bond donors (Lipinski definition) is 2. The molecule has 0 aliphatic rings. The second kappa shape index (κ2) is 5.54. The van der Waals surface area contributed by atoms with E-state index in [-0.39, 0.29) is 5.91 Å². The molecule has 3 nitrogen and oxygen atoms in total. The fourth-order valence-electron chi connectivity index (χ4n) is 1.41. The zero-order valence-electron chi connectivity index (χ0n) is 9.28. The Morgan fingerprint density at radius 1 is 1.06 bits per heavy atom. The molecule has 2 aromatic carbocycles. The molecule has 0 aliphatic heterocycles. The molecule has 0 radical (unpaired) electrons. The molecule has 0 aromatic heterocycles. The fourth-order valence-corrected chi connectivity index (χ4v) is 2.05. The summed E-state index contributed by atoms with van der Waals surface area (Å²) in [5, 5.41) is 2.81. The SMILES string of the molecule is Nc1ccc(NC(=O)c2ccc(Br)cc2)cc1Br. The summed E-state index contributed by atoms with van der Waals surface area (Å²) in [7, 11) is 0. The van der Waals surface area contributed by atoms with Crippen molar-refractivity contribution in [1.82, 2.24) is 0 Å². The molecule has 18 heavy (non-hydrogen) atoms. The van der Waals surface area contributed by atoms with Crippen LogP contribution in [0.2, 0.25) is 0 Å². The Balaban J connectivity index is 2.16. The lowest BCUT2D eigenvalue weighted by atomic mass is 10.2. The highest BCUT2D eigenvalue weighted by Crippen LogP contribution is 2.23. The van der Waals surface area contributed by atoms with Crippen molar-refractivity contribution in [3.63, 3.8) is 0 Å². The standard InChI is InChI=1S/C13H10Br2N2O/c14-9-3-1-8(2-4-9)13(18)17-10-5-6-12(16)11(15)7-10/h1-7H,16H2,(H,17,18). The number of carbonyl (C=O) groups excluding carboxylic acids is 1. The molecule has 5 heteroatoms. The van der Waals surface area contributed by atoms with Gasteiger partial charge in [0.1, 0.15) is 0 Å². The lowest BCUT2D eigenvalue weighted by molar-refractivity contribution is 0.102. The second-order valence-electron chi connectivity index (χ2n) is 3.70. The zero-order chi connectivity index (χ0) is 13.1. The molecule has 0 spiro atoms. The summed E-state index contributed by atoms with van der Waals surface area (Å²) in [6.07, 6.45) is 0. The van der Waals surface area contributed by atoms with Gasteiger partial charge in [-0.05, 0) is 58.4 Å². The lowest BCUT2D eigenvalue weighted by Crippen LogP contribution is -2.11. The molecule has 92 valence electrons. The normalized spacial score (nSPS) is 10.1. The number of anilines is 2. The molecule has 0 fully saturated rings. The van der Waals surface area contributed by atoms with Crippen molar-refractivity contribution in [3.05, 3.63) is 57.0 Å². The summed E-state index contributed by atoms with van der Waals surface area (Å²) in [5.41, 5.74) is 7.62. The van der Waals surface area contributed by atoms with Gasteiger partial charge in [-0.15, -0.1) is 0 Å². The number of benzene rings is 2. The second-order valence-corrected chi connectivity index (χ2v) is 5.47. The summed E-state index contributed by atoms with van der Waals surface area (Å²) in [5.74, 6) is -0.154. The first-order valence-electron chi connectivity index (χ1n) is 5.18. The molecule has 0 saturated heterocycles. The smallest absolute Gasteiger partial charge is 0.255 e. The molecule has 0 bridgehead atoms. The predicted octanol–water partition coefficient (Wildman–Crippen LogP) is 4.05. The third-order valence-corrected chi connectivity index (χ3v) is 3.58. The number of nitrogen functional groups attached to an aromatic ring is 1. The van der Waals surface area contributed by atoms with Crippen molar-refractivity contribution < 1.29 is 4.79 Å². The van der Waals surface area contributed by atoms with Gasteiger partial charge < -0.3 is 11.1 Å². The van der Waals surface area contributed by atoms with E-state index in [0.717, 1.165) is 8.95 Å². The van der Waals surface area contributed by atoms with Gasteiger partial charge in [0.05, 0.1) is 0 Å². The average Bonchev–Trinajstić information content (AvgIpc) is 2.34. The largest absolute Gasteiger partial charge is 0.398 e. The third kappa shape index (κ3) is 3.11. The van der Waals surface area contributed by atoms with E-state index in [1.165, 1.54) is 0 Å². The van der Waals surface area contributed by atoms with Gasteiger partial charge in [0.25, 0.3) is 5.91 Å². The third-order valence-electron chi connectivity index (χ3n) is 2.36. The highest BCUT2D eigenvalue weighted by atomic mass is 79.9. The van der Waals surface area contributed by atoms with Crippen molar-refractivity contribution in [3.8, 4) is 0 Å². The van der Waals surface area contributed by atoms with Crippen LogP contribution in [0.4, 0.5) is 11.4 Å². The van der Waals surface area contributed by atoms with Crippen LogP contribution in [0.5, 0.6) is 0 Å². The zero-order valence-corrected chi connectivity index (χ0v) is 12.5. The van der Waals surface area contributed by atoms with E-state index in [1.807, 2.05) is 12.1 Å². The van der Waals surface area contributed by atoms with Gasteiger partial charge in [-0.1, -0.05) is 15.9 Å². The molecule has 0 saturated carbocycles. The van der Waals surface area contributed by atoms with Crippen LogP contribution in [-0.4, -0.2) is 5.91 Å². The minimum Gasteiger partial charge on any atom is -0.398 e. The molecule has 1 amide bonds. The summed E-state index contributed by atoms with van der Waals surface area (Å²) >= 11 is 6.65. The molecule has 2 aromatic rings. The number of rotatable bonds is 2. The first-order chi connectivity index (χ1) is 8.56. The summed E-state index contributed by atoms with van der Waals surface area (Å²) in [4.78, 5) is 11.9. The molecule has 3 N–H and O–H groups in total. The van der Waals surface area contributed by atoms with Crippen molar-refractivity contribution in [2.24, 2.45) is 0 Å². The lowest BCUT2D eigenvalue weighted by Gasteiger charge is -2.07. The van der Waals surface area contributed by atoms with Crippen LogP contribution in [0.25, 0.3) is 0 Å². The Morgan fingerprint density at radius 2 is 1.72 bits per heavy atom. The van der Waals surface area contributed by atoms with Crippen molar-refractivity contribution in [2.75, 3.05) is 11.1 Å². The van der Waals surface area contributed by atoms with Gasteiger partial charge in [0, 0.05) is 25.9 Å². The Kier molecular flexibility index (Phi) is 4.04. The minimum atomic E-state index is -0.154. The predicted molar refractivity (Wildman–Crippen MR) is 80.6 cm³/mol. The van der Waals surface area contributed by atoms with Crippen LogP contribution in [0, 0.1) is 0 Å². The van der Waals surface area contributed by atoms with Gasteiger partial charge in [-0.3, -0.25) is 4.79 Å². The van der Waals surface area contributed by atoms with Crippen LogP contribution in [0.3, 0.4) is 0 Å². The van der Waals surface area contributed by atoms with E-state index in [4.69, 9.17) is 5.73 Å². The number of halogens is 2. The van der Waals surface area contributed by atoms with E-state index < -0.39 is 0 Å². The highest BCUT2D eigenvalue weighted by molar-refractivity contribution is 9.10. The number of amides is 1. The van der Waals surface area contributed by atoms with Gasteiger partial charge in [0.2, 0.25) is 0 Å². The number of nitrogens with one attached hydrogen (secondary N) is 1. The average molecular weight is 370 g/mol. The molecular weight excluding hydrogens is 360 g/mol. The van der Waals surface area contributed by atoms with Crippen molar-refractivity contribution in [1.29, 1.82) is 0 Å².